The van der Waals surface area contributed by atoms with E-state index in [2.05, 4.69) is 16.3 Å². The van der Waals surface area contributed by atoms with E-state index in [9.17, 15) is 4.79 Å². The molecule has 0 aromatic carbocycles. The van der Waals surface area contributed by atoms with E-state index in [1.807, 2.05) is 13.8 Å². The molecule has 0 saturated carbocycles. The quantitative estimate of drug-likeness (QED) is 0.812. The summed E-state index contributed by atoms with van der Waals surface area (Å²) in [5.41, 5.74) is -0.893. The van der Waals surface area contributed by atoms with Crippen LogP contribution in [0.2, 0.25) is 0 Å². The Morgan fingerprint density at radius 2 is 2.06 bits per heavy atom. The molecule has 1 saturated heterocycles. The van der Waals surface area contributed by atoms with Crippen molar-refractivity contribution in [1.29, 1.82) is 5.26 Å². The number of piperidine rings is 1. The van der Waals surface area contributed by atoms with Crippen LogP contribution >= 0.6 is 0 Å². The summed E-state index contributed by atoms with van der Waals surface area (Å²) in [6.45, 7) is 8.73. The molecule has 2 unspecified atom stereocenters. The Morgan fingerprint density at radius 3 is 2.56 bits per heavy atom. The molecular weight excluding hydrogens is 226 g/mol. The molecule has 1 rings (SSSR count). The average Bonchev–Trinajstić information content (AvgIpc) is 2.38. The SMILES string of the molecule is CCC(C)(C#N)C(=O)NC(C)CN1CCCCC1. The van der Waals surface area contributed by atoms with Crippen molar-refractivity contribution in [1.82, 2.24) is 10.2 Å². The van der Waals surface area contributed by atoms with Gasteiger partial charge in [0, 0.05) is 12.6 Å². The summed E-state index contributed by atoms with van der Waals surface area (Å²) >= 11 is 0. The maximum absolute atomic E-state index is 12.0. The zero-order valence-corrected chi connectivity index (χ0v) is 11.8. The van der Waals surface area contributed by atoms with Gasteiger partial charge in [-0.05, 0) is 46.2 Å². The highest BCUT2D eigenvalue weighted by atomic mass is 16.2. The van der Waals surface area contributed by atoms with E-state index in [1.54, 1.807) is 6.92 Å². The van der Waals surface area contributed by atoms with Crippen molar-refractivity contribution in [3.05, 3.63) is 0 Å². The third-order valence-electron chi connectivity index (χ3n) is 3.81. The molecule has 4 heteroatoms. The summed E-state index contributed by atoms with van der Waals surface area (Å²) in [5, 5.41) is 12.0. The smallest absolute Gasteiger partial charge is 0.240 e. The topological polar surface area (TPSA) is 56.1 Å². The minimum absolute atomic E-state index is 0.106. The van der Waals surface area contributed by atoms with Crippen LogP contribution in [0.25, 0.3) is 0 Å². The predicted molar refractivity (Wildman–Crippen MR) is 71.9 cm³/mol. The highest BCUT2D eigenvalue weighted by Crippen LogP contribution is 2.20. The molecule has 102 valence electrons. The van der Waals surface area contributed by atoms with Crippen LogP contribution in [0.1, 0.15) is 46.5 Å². The number of likely N-dealkylation sites (tertiary alicyclic amines) is 1. The van der Waals surface area contributed by atoms with Gasteiger partial charge < -0.3 is 10.2 Å². The molecule has 1 aliphatic heterocycles. The average molecular weight is 251 g/mol. The molecular formula is C14H25N3O. The number of hydrogen-bond acceptors (Lipinski definition) is 3. The maximum Gasteiger partial charge on any atom is 0.240 e. The number of hydrogen-bond donors (Lipinski definition) is 1. The fourth-order valence-corrected chi connectivity index (χ4v) is 2.25. The first-order valence-corrected chi connectivity index (χ1v) is 6.96. The highest BCUT2D eigenvalue weighted by molar-refractivity contribution is 5.85. The minimum Gasteiger partial charge on any atom is -0.351 e. The third-order valence-corrected chi connectivity index (χ3v) is 3.81. The van der Waals surface area contributed by atoms with Gasteiger partial charge in [0.05, 0.1) is 6.07 Å². The first-order chi connectivity index (χ1) is 8.51. The largest absolute Gasteiger partial charge is 0.351 e. The summed E-state index contributed by atoms with van der Waals surface area (Å²) in [7, 11) is 0. The Kier molecular flexibility index (Phi) is 5.61. The Bertz CT molecular complexity index is 317. The predicted octanol–water partition coefficient (Wildman–Crippen LogP) is 1.92. The van der Waals surface area contributed by atoms with Gasteiger partial charge in [-0.15, -0.1) is 0 Å². The summed E-state index contributed by atoms with van der Waals surface area (Å²) in [5.74, 6) is -0.142. The highest BCUT2D eigenvalue weighted by Gasteiger charge is 2.32. The Morgan fingerprint density at radius 1 is 1.44 bits per heavy atom. The van der Waals surface area contributed by atoms with Crippen LogP contribution in [0.5, 0.6) is 0 Å². The van der Waals surface area contributed by atoms with Gasteiger partial charge in [0.15, 0.2) is 0 Å². The summed E-state index contributed by atoms with van der Waals surface area (Å²) in [6.07, 6.45) is 4.38. The number of rotatable bonds is 5. The van der Waals surface area contributed by atoms with E-state index >= 15 is 0 Å². The molecule has 0 spiro atoms. The second-order valence-corrected chi connectivity index (χ2v) is 5.53. The Labute approximate surface area is 110 Å². The van der Waals surface area contributed by atoms with E-state index in [4.69, 9.17) is 5.26 Å². The number of carbonyl (C=O) groups excluding carboxylic acids is 1. The monoisotopic (exact) mass is 251 g/mol. The van der Waals surface area contributed by atoms with Gasteiger partial charge in [-0.25, -0.2) is 0 Å². The zero-order chi connectivity index (χ0) is 13.6. The first kappa shape index (κ1) is 15.0. The first-order valence-electron chi connectivity index (χ1n) is 6.96. The van der Waals surface area contributed by atoms with Crippen LogP contribution in [0.15, 0.2) is 0 Å². The van der Waals surface area contributed by atoms with Crippen molar-refractivity contribution in [3.63, 3.8) is 0 Å². The molecule has 1 aliphatic rings. The minimum atomic E-state index is -0.893. The standard InChI is InChI=1S/C14H25N3O/c1-4-14(3,11-15)13(18)16-12(2)10-17-8-6-5-7-9-17/h12H,4-10H2,1-3H3,(H,16,18). The summed E-state index contributed by atoms with van der Waals surface area (Å²) in [4.78, 5) is 14.4. The van der Waals surface area contributed by atoms with Crippen LogP contribution < -0.4 is 5.32 Å². The van der Waals surface area contributed by atoms with E-state index in [0.717, 1.165) is 19.6 Å². The molecule has 1 fully saturated rings. The number of nitrogens with zero attached hydrogens (tertiary/aromatic N) is 2. The van der Waals surface area contributed by atoms with Crippen molar-refractivity contribution in [2.45, 2.75) is 52.5 Å². The van der Waals surface area contributed by atoms with Gasteiger partial charge in [-0.3, -0.25) is 4.79 Å². The number of nitriles is 1. The van der Waals surface area contributed by atoms with E-state index < -0.39 is 5.41 Å². The van der Waals surface area contributed by atoms with Crippen LogP contribution in [0.3, 0.4) is 0 Å². The molecule has 0 radical (unpaired) electrons. The molecule has 1 amide bonds. The van der Waals surface area contributed by atoms with Crippen molar-refractivity contribution in [2.75, 3.05) is 19.6 Å². The lowest BCUT2D eigenvalue weighted by Gasteiger charge is -2.30. The van der Waals surface area contributed by atoms with Crippen molar-refractivity contribution < 1.29 is 4.79 Å². The van der Waals surface area contributed by atoms with E-state index in [0.29, 0.717) is 6.42 Å². The van der Waals surface area contributed by atoms with Crippen molar-refractivity contribution >= 4 is 5.91 Å². The molecule has 0 aromatic rings. The number of amides is 1. The van der Waals surface area contributed by atoms with Gasteiger partial charge in [0.25, 0.3) is 0 Å². The van der Waals surface area contributed by atoms with Crippen molar-refractivity contribution in [3.8, 4) is 6.07 Å². The third kappa shape index (κ3) is 3.99. The van der Waals surface area contributed by atoms with Gasteiger partial charge in [0.1, 0.15) is 5.41 Å². The zero-order valence-electron chi connectivity index (χ0n) is 11.8. The van der Waals surface area contributed by atoms with Crippen LogP contribution in [-0.2, 0) is 4.79 Å². The fourth-order valence-electron chi connectivity index (χ4n) is 2.25. The maximum atomic E-state index is 12.0. The van der Waals surface area contributed by atoms with Crippen molar-refractivity contribution in [2.24, 2.45) is 5.41 Å². The molecule has 1 N–H and O–H groups in total. The Balaban J connectivity index is 2.41. The van der Waals surface area contributed by atoms with Gasteiger partial charge in [-0.1, -0.05) is 13.3 Å². The van der Waals surface area contributed by atoms with Gasteiger partial charge >= 0.3 is 0 Å². The Hall–Kier alpha value is -1.08. The number of nitrogens with one attached hydrogen (secondary N) is 1. The molecule has 1 heterocycles. The molecule has 0 aromatic heterocycles. The van der Waals surface area contributed by atoms with Gasteiger partial charge in [0.2, 0.25) is 5.91 Å². The van der Waals surface area contributed by atoms with E-state index in [-0.39, 0.29) is 11.9 Å². The lowest BCUT2D eigenvalue weighted by Crippen LogP contribution is -2.47. The fraction of sp³-hybridized carbons (Fsp3) is 0.857. The summed E-state index contributed by atoms with van der Waals surface area (Å²) < 4.78 is 0. The molecule has 18 heavy (non-hydrogen) atoms. The molecule has 2 atom stereocenters. The normalized spacial score (nSPS) is 21.7. The lowest BCUT2D eigenvalue weighted by atomic mass is 9.88. The summed E-state index contributed by atoms with van der Waals surface area (Å²) in [6, 6.07) is 2.22. The van der Waals surface area contributed by atoms with Crippen LogP contribution in [0, 0.1) is 16.7 Å². The van der Waals surface area contributed by atoms with E-state index in [1.165, 1.54) is 19.3 Å². The molecule has 4 nitrogen and oxygen atoms in total. The molecule has 0 aliphatic carbocycles. The van der Waals surface area contributed by atoms with Crippen LogP contribution in [-0.4, -0.2) is 36.5 Å². The van der Waals surface area contributed by atoms with Gasteiger partial charge in [-0.2, -0.15) is 5.26 Å². The number of carbonyl (C=O) groups is 1. The van der Waals surface area contributed by atoms with Crippen LogP contribution in [0.4, 0.5) is 0 Å². The second kappa shape index (κ2) is 6.75. The lowest BCUT2D eigenvalue weighted by molar-refractivity contribution is -0.128. The second-order valence-electron chi connectivity index (χ2n) is 5.53. The molecule has 0 bridgehead atoms.